The van der Waals surface area contributed by atoms with Gasteiger partial charge in [0.15, 0.2) is 0 Å². The fourth-order valence-corrected chi connectivity index (χ4v) is 2.13. The average molecular weight is 253 g/mol. The predicted octanol–water partition coefficient (Wildman–Crippen LogP) is 2.20. The van der Waals surface area contributed by atoms with Crippen LogP contribution in [-0.4, -0.2) is 24.6 Å². The maximum atomic E-state index is 11.8. The molecular formula is C12H13ClN2O2. The molecule has 4 nitrogen and oxygen atoms in total. The molecule has 90 valence electrons. The zero-order chi connectivity index (χ0) is 12.6. The van der Waals surface area contributed by atoms with Gasteiger partial charge in [0.1, 0.15) is 10.9 Å². The van der Waals surface area contributed by atoms with E-state index in [0.717, 1.165) is 16.7 Å². The highest BCUT2D eigenvalue weighted by molar-refractivity contribution is 6.35. The van der Waals surface area contributed by atoms with Crippen LogP contribution in [-0.2, 0) is 7.05 Å². The zero-order valence-corrected chi connectivity index (χ0v) is 10.6. The third-order valence-corrected chi connectivity index (χ3v) is 3.23. The van der Waals surface area contributed by atoms with E-state index in [9.17, 15) is 4.79 Å². The van der Waals surface area contributed by atoms with Crippen LogP contribution in [0.5, 0.6) is 5.75 Å². The van der Waals surface area contributed by atoms with Crippen LogP contribution in [0, 0.1) is 0 Å². The number of aryl methyl sites for hydroxylation is 1. The number of carbonyl (C=O) groups is 1. The second-order valence-corrected chi connectivity index (χ2v) is 4.05. The number of amides is 1. The molecule has 0 bridgehead atoms. The molecule has 0 saturated carbocycles. The van der Waals surface area contributed by atoms with E-state index in [4.69, 9.17) is 16.3 Å². The third-order valence-electron chi connectivity index (χ3n) is 2.79. The number of benzene rings is 1. The quantitative estimate of drug-likeness (QED) is 0.891. The standard InChI is InChI=1S/C12H13ClN2O2/c1-14-12(16)10-8-5-4-7(17-3)6-9(8)15(2)11(10)13/h4-6H,1-3H3,(H,14,16). The molecule has 0 unspecified atom stereocenters. The molecule has 1 amide bonds. The number of methoxy groups -OCH3 is 1. The Balaban J connectivity index is 2.78. The van der Waals surface area contributed by atoms with Crippen LogP contribution >= 0.6 is 11.6 Å². The minimum absolute atomic E-state index is 0.189. The second kappa shape index (κ2) is 4.30. The summed E-state index contributed by atoms with van der Waals surface area (Å²) in [7, 11) is 5.00. The van der Waals surface area contributed by atoms with E-state index < -0.39 is 0 Å². The number of halogens is 1. The predicted molar refractivity (Wildman–Crippen MR) is 67.9 cm³/mol. The monoisotopic (exact) mass is 252 g/mol. The topological polar surface area (TPSA) is 43.3 Å². The van der Waals surface area contributed by atoms with E-state index in [-0.39, 0.29) is 5.91 Å². The lowest BCUT2D eigenvalue weighted by Gasteiger charge is -2.01. The van der Waals surface area contributed by atoms with E-state index in [1.807, 2.05) is 25.2 Å². The number of nitrogens with one attached hydrogen (secondary N) is 1. The number of ether oxygens (including phenoxy) is 1. The summed E-state index contributed by atoms with van der Waals surface area (Å²) in [5, 5.41) is 3.83. The Bertz CT molecular complexity index is 590. The Hall–Kier alpha value is -1.68. The smallest absolute Gasteiger partial charge is 0.254 e. The van der Waals surface area contributed by atoms with Crippen molar-refractivity contribution in [3.8, 4) is 5.75 Å². The Morgan fingerprint density at radius 2 is 2.18 bits per heavy atom. The largest absolute Gasteiger partial charge is 0.497 e. The van der Waals surface area contributed by atoms with E-state index in [0.29, 0.717) is 10.7 Å². The maximum Gasteiger partial charge on any atom is 0.254 e. The van der Waals surface area contributed by atoms with Gasteiger partial charge in [0.2, 0.25) is 0 Å². The number of hydrogen-bond donors (Lipinski definition) is 1. The highest BCUT2D eigenvalue weighted by Gasteiger charge is 2.19. The summed E-state index contributed by atoms with van der Waals surface area (Å²) in [4.78, 5) is 11.8. The molecule has 0 fully saturated rings. The van der Waals surface area contributed by atoms with Gasteiger partial charge in [-0.05, 0) is 12.1 Å². The van der Waals surface area contributed by atoms with Gasteiger partial charge in [-0.15, -0.1) is 0 Å². The molecular weight excluding hydrogens is 240 g/mol. The van der Waals surface area contributed by atoms with E-state index >= 15 is 0 Å². The number of nitrogens with zero attached hydrogens (tertiary/aromatic N) is 1. The van der Waals surface area contributed by atoms with Crippen molar-refractivity contribution in [1.29, 1.82) is 0 Å². The Morgan fingerprint density at radius 1 is 1.47 bits per heavy atom. The second-order valence-electron chi connectivity index (χ2n) is 3.69. The van der Waals surface area contributed by atoms with Crippen molar-refractivity contribution in [2.24, 2.45) is 7.05 Å². The molecule has 0 aliphatic carbocycles. The molecule has 0 radical (unpaired) electrons. The van der Waals surface area contributed by atoms with E-state index in [1.54, 1.807) is 18.7 Å². The minimum atomic E-state index is -0.189. The normalized spacial score (nSPS) is 10.6. The fourth-order valence-electron chi connectivity index (χ4n) is 1.85. The lowest BCUT2D eigenvalue weighted by molar-refractivity contribution is 0.0964. The minimum Gasteiger partial charge on any atom is -0.497 e. The average Bonchev–Trinajstić information content (AvgIpc) is 2.61. The van der Waals surface area contributed by atoms with Gasteiger partial charge in [-0.1, -0.05) is 11.6 Å². The van der Waals surface area contributed by atoms with Gasteiger partial charge in [-0.2, -0.15) is 0 Å². The number of fused-ring (bicyclic) bond motifs is 1. The molecule has 0 atom stereocenters. The lowest BCUT2D eigenvalue weighted by Crippen LogP contribution is -2.17. The van der Waals surface area contributed by atoms with Gasteiger partial charge in [-0.25, -0.2) is 0 Å². The first-order chi connectivity index (χ1) is 8.10. The van der Waals surface area contributed by atoms with Crippen molar-refractivity contribution >= 4 is 28.4 Å². The molecule has 5 heteroatoms. The molecule has 1 heterocycles. The molecule has 2 rings (SSSR count). The number of rotatable bonds is 2. The summed E-state index contributed by atoms with van der Waals surface area (Å²) in [6.07, 6.45) is 0. The summed E-state index contributed by atoms with van der Waals surface area (Å²) in [6, 6.07) is 5.50. The van der Waals surface area contributed by atoms with Crippen LogP contribution in [0.3, 0.4) is 0 Å². The first kappa shape index (κ1) is 11.8. The molecule has 0 aliphatic heterocycles. The summed E-state index contributed by atoms with van der Waals surface area (Å²) >= 11 is 6.17. The van der Waals surface area contributed by atoms with Crippen LogP contribution in [0.1, 0.15) is 10.4 Å². The van der Waals surface area contributed by atoms with Crippen molar-refractivity contribution in [3.05, 3.63) is 28.9 Å². The van der Waals surface area contributed by atoms with E-state index in [1.165, 1.54) is 0 Å². The van der Waals surface area contributed by atoms with Crippen LogP contribution < -0.4 is 10.1 Å². The Labute approximate surface area is 104 Å². The molecule has 0 aliphatic rings. The van der Waals surface area contributed by atoms with Crippen molar-refractivity contribution in [2.75, 3.05) is 14.2 Å². The molecule has 1 aromatic heterocycles. The summed E-state index contributed by atoms with van der Waals surface area (Å²) in [5.41, 5.74) is 1.36. The summed E-state index contributed by atoms with van der Waals surface area (Å²) in [5.74, 6) is 0.545. The van der Waals surface area contributed by atoms with Crippen molar-refractivity contribution in [2.45, 2.75) is 0 Å². The molecule has 0 spiro atoms. The molecule has 0 saturated heterocycles. The van der Waals surface area contributed by atoms with Gasteiger partial charge >= 0.3 is 0 Å². The van der Waals surface area contributed by atoms with Crippen molar-refractivity contribution < 1.29 is 9.53 Å². The number of aromatic nitrogens is 1. The molecule has 1 N–H and O–H groups in total. The van der Waals surface area contributed by atoms with Gasteiger partial charge in [0, 0.05) is 25.5 Å². The number of carbonyl (C=O) groups excluding carboxylic acids is 1. The highest BCUT2D eigenvalue weighted by Crippen LogP contribution is 2.31. The van der Waals surface area contributed by atoms with Gasteiger partial charge in [0.25, 0.3) is 5.91 Å². The fraction of sp³-hybridized carbons (Fsp3) is 0.250. The van der Waals surface area contributed by atoms with E-state index in [2.05, 4.69) is 5.32 Å². The van der Waals surface area contributed by atoms with Crippen LogP contribution in [0.4, 0.5) is 0 Å². The van der Waals surface area contributed by atoms with Gasteiger partial charge < -0.3 is 14.6 Å². The van der Waals surface area contributed by atoms with Crippen molar-refractivity contribution in [3.63, 3.8) is 0 Å². The first-order valence-corrected chi connectivity index (χ1v) is 5.52. The van der Waals surface area contributed by atoms with Crippen LogP contribution in [0.15, 0.2) is 18.2 Å². The summed E-state index contributed by atoms with van der Waals surface area (Å²) in [6.45, 7) is 0. The maximum absolute atomic E-state index is 11.8. The SMILES string of the molecule is CNC(=O)c1c(Cl)n(C)c2cc(OC)ccc12. The molecule has 1 aromatic carbocycles. The zero-order valence-electron chi connectivity index (χ0n) is 9.87. The number of hydrogen-bond acceptors (Lipinski definition) is 2. The van der Waals surface area contributed by atoms with Crippen molar-refractivity contribution in [1.82, 2.24) is 9.88 Å². The van der Waals surface area contributed by atoms with Crippen LogP contribution in [0.2, 0.25) is 5.15 Å². The van der Waals surface area contributed by atoms with Crippen LogP contribution in [0.25, 0.3) is 10.9 Å². The first-order valence-electron chi connectivity index (χ1n) is 5.14. The third kappa shape index (κ3) is 1.74. The summed E-state index contributed by atoms with van der Waals surface area (Å²) < 4.78 is 6.92. The molecule has 17 heavy (non-hydrogen) atoms. The Morgan fingerprint density at radius 3 is 2.76 bits per heavy atom. The van der Waals surface area contributed by atoms with Gasteiger partial charge in [0.05, 0.1) is 18.2 Å². The van der Waals surface area contributed by atoms with Gasteiger partial charge in [-0.3, -0.25) is 4.79 Å². The highest BCUT2D eigenvalue weighted by atomic mass is 35.5. The molecule has 2 aromatic rings. The Kier molecular flexibility index (Phi) is 2.98. The lowest BCUT2D eigenvalue weighted by atomic mass is 10.1.